The van der Waals surface area contributed by atoms with Gasteiger partial charge < -0.3 is 10.0 Å². The maximum absolute atomic E-state index is 11.6. The number of nitrogens with zero attached hydrogens (tertiary/aromatic N) is 2. The maximum atomic E-state index is 11.6. The maximum Gasteiger partial charge on any atom is 0.233 e. The van der Waals surface area contributed by atoms with Crippen LogP contribution in [0.4, 0.5) is 0 Å². The summed E-state index contributed by atoms with van der Waals surface area (Å²) in [5.74, 6) is 0.503. The van der Waals surface area contributed by atoms with Crippen molar-refractivity contribution < 1.29 is 9.90 Å². The molecule has 17 heavy (non-hydrogen) atoms. The summed E-state index contributed by atoms with van der Waals surface area (Å²) >= 11 is 1.55. The molecule has 1 aliphatic heterocycles. The first-order valence-electron chi connectivity index (χ1n) is 5.28. The van der Waals surface area contributed by atoms with Crippen LogP contribution in [0.3, 0.4) is 0 Å². The van der Waals surface area contributed by atoms with Gasteiger partial charge in [0.15, 0.2) is 0 Å². The molecule has 0 spiro atoms. The lowest BCUT2D eigenvalue weighted by Gasteiger charge is -2.23. The molecule has 1 aromatic rings. The van der Waals surface area contributed by atoms with Crippen LogP contribution in [0.15, 0.2) is 24.3 Å². The number of hydrogen-bond donors (Lipinski definition) is 1. The van der Waals surface area contributed by atoms with E-state index >= 15 is 0 Å². The Hall–Kier alpha value is -1.51. The van der Waals surface area contributed by atoms with E-state index in [1.807, 2.05) is 12.1 Å². The van der Waals surface area contributed by atoms with E-state index in [9.17, 15) is 4.79 Å². The molecule has 1 N–H and O–H groups in total. The molecule has 1 atom stereocenters. The topological polar surface area (TPSA) is 64.3 Å². The zero-order valence-electron chi connectivity index (χ0n) is 9.17. The van der Waals surface area contributed by atoms with Gasteiger partial charge >= 0.3 is 0 Å². The van der Waals surface area contributed by atoms with E-state index in [0.29, 0.717) is 17.9 Å². The van der Waals surface area contributed by atoms with Crippen LogP contribution in [0.2, 0.25) is 0 Å². The van der Waals surface area contributed by atoms with E-state index in [4.69, 9.17) is 10.4 Å². The van der Waals surface area contributed by atoms with Gasteiger partial charge in [-0.05, 0) is 17.7 Å². The minimum atomic E-state index is -0.0395. The fraction of sp³-hybridized carbons (Fsp3) is 0.333. The highest BCUT2D eigenvalue weighted by atomic mass is 32.2. The van der Waals surface area contributed by atoms with Gasteiger partial charge in [0.05, 0.1) is 24.0 Å². The van der Waals surface area contributed by atoms with Gasteiger partial charge in [-0.25, -0.2) is 0 Å². The van der Waals surface area contributed by atoms with Crippen molar-refractivity contribution in [3.63, 3.8) is 0 Å². The number of carbonyl (C=O) groups is 1. The van der Waals surface area contributed by atoms with E-state index in [2.05, 4.69) is 6.07 Å². The van der Waals surface area contributed by atoms with Gasteiger partial charge in [-0.1, -0.05) is 12.1 Å². The molecule has 1 saturated heterocycles. The minimum absolute atomic E-state index is 0.0287. The van der Waals surface area contributed by atoms with Crippen molar-refractivity contribution in [1.29, 1.82) is 5.26 Å². The molecule has 0 bridgehead atoms. The number of thioether (sulfide) groups is 1. The second-order valence-corrected chi connectivity index (χ2v) is 4.78. The molecular weight excluding hydrogens is 236 g/mol. The number of aliphatic hydroxyl groups excluding tert-OH is 1. The summed E-state index contributed by atoms with van der Waals surface area (Å²) < 4.78 is 0. The largest absolute Gasteiger partial charge is 0.395 e. The number of carbonyl (C=O) groups excluding carboxylic acids is 1. The summed E-state index contributed by atoms with van der Waals surface area (Å²) in [7, 11) is 0. The van der Waals surface area contributed by atoms with Gasteiger partial charge in [0.25, 0.3) is 0 Å². The summed E-state index contributed by atoms with van der Waals surface area (Å²) in [6.45, 7) is 0.329. The third-order valence-electron chi connectivity index (χ3n) is 2.63. The molecule has 1 amide bonds. The number of hydrogen-bond acceptors (Lipinski definition) is 4. The summed E-state index contributed by atoms with van der Waals surface area (Å²) in [6, 6.07) is 9.27. The fourth-order valence-electron chi connectivity index (χ4n) is 1.80. The molecule has 1 aliphatic rings. The Morgan fingerprint density at radius 3 is 2.76 bits per heavy atom. The van der Waals surface area contributed by atoms with E-state index in [0.717, 1.165) is 5.56 Å². The first-order chi connectivity index (χ1) is 8.26. The number of β-amino-alcohol motifs (C(OH)–C–C–N with tert-alkyl or cyclic N) is 1. The Balaban J connectivity index is 2.20. The predicted molar refractivity (Wildman–Crippen MR) is 65.2 cm³/mol. The van der Waals surface area contributed by atoms with Crippen molar-refractivity contribution in [2.45, 2.75) is 5.37 Å². The Labute approximate surface area is 104 Å². The lowest BCUT2D eigenvalue weighted by Crippen LogP contribution is -2.30. The summed E-state index contributed by atoms with van der Waals surface area (Å²) in [4.78, 5) is 13.3. The van der Waals surface area contributed by atoms with Gasteiger partial charge in [0, 0.05) is 6.54 Å². The smallest absolute Gasteiger partial charge is 0.233 e. The number of nitriles is 1. The monoisotopic (exact) mass is 248 g/mol. The number of rotatable bonds is 3. The lowest BCUT2D eigenvalue weighted by molar-refractivity contribution is -0.128. The van der Waals surface area contributed by atoms with Crippen molar-refractivity contribution in [2.24, 2.45) is 0 Å². The van der Waals surface area contributed by atoms with Gasteiger partial charge in [0.2, 0.25) is 5.91 Å². The number of amides is 1. The quantitative estimate of drug-likeness (QED) is 0.870. The molecular formula is C12H12N2O2S. The number of aliphatic hydroxyl groups is 1. The van der Waals surface area contributed by atoms with Crippen LogP contribution >= 0.6 is 11.8 Å². The van der Waals surface area contributed by atoms with Gasteiger partial charge in [-0.15, -0.1) is 11.8 Å². The highest BCUT2D eigenvalue weighted by Gasteiger charge is 2.32. The molecule has 0 radical (unpaired) electrons. The molecule has 1 fully saturated rings. The van der Waals surface area contributed by atoms with E-state index < -0.39 is 0 Å². The van der Waals surface area contributed by atoms with Gasteiger partial charge in [-0.3, -0.25) is 4.79 Å². The first kappa shape index (κ1) is 12.0. The van der Waals surface area contributed by atoms with Crippen molar-refractivity contribution in [3.8, 4) is 6.07 Å². The fourth-order valence-corrected chi connectivity index (χ4v) is 3.02. The van der Waals surface area contributed by atoms with Gasteiger partial charge in [0.1, 0.15) is 5.37 Å². The summed E-state index contributed by atoms with van der Waals surface area (Å²) in [6.07, 6.45) is 0. The van der Waals surface area contributed by atoms with E-state index in [1.54, 1.807) is 28.8 Å². The molecule has 1 heterocycles. The standard InChI is InChI=1S/C12H12N2O2S/c13-7-9-1-3-10(4-2-9)12-14(5-6-15)11(16)8-17-12/h1-4,12,15H,5-6,8H2. The molecule has 1 unspecified atom stereocenters. The number of benzene rings is 1. The van der Waals surface area contributed by atoms with Crippen LogP contribution in [-0.2, 0) is 4.79 Å². The zero-order chi connectivity index (χ0) is 12.3. The Bertz CT molecular complexity index is 453. The molecule has 1 aromatic carbocycles. The highest BCUT2D eigenvalue weighted by Crippen LogP contribution is 2.38. The highest BCUT2D eigenvalue weighted by molar-refractivity contribution is 8.00. The van der Waals surface area contributed by atoms with Crippen LogP contribution in [0.25, 0.3) is 0 Å². The van der Waals surface area contributed by atoms with Crippen LogP contribution in [0, 0.1) is 11.3 Å². The van der Waals surface area contributed by atoms with Crippen molar-refractivity contribution >= 4 is 17.7 Å². The van der Waals surface area contributed by atoms with E-state index in [1.165, 1.54) is 0 Å². The van der Waals surface area contributed by atoms with Crippen molar-refractivity contribution in [3.05, 3.63) is 35.4 Å². The molecule has 0 aromatic heterocycles. The van der Waals surface area contributed by atoms with Gasteiger partial charge in [-0.2, -0.15) is 5.26 Å². The molecule has 2 rings (SSSR count). The Morgan fingerprint density at radius 2 is 2.18 bits per heavy atom. The van der Waals surface area contributed by atoms with Crippen LogP contribution in [-0.4, -0.2) is 34.8 Å². The third kappa shape index (κ3) is 2.43. The predicted octanol–water partition coefficient (Wildman–Crippen LogP) is 1.12. The molecule has 4 nitrogen and oxygen atoms in total. The minimum Gasteiger partial charge on any atom is -0.395 e. The molecule has 5 heteroatoms. The average Bonchev–Trinajstić information content (AvgIpc) is 2.72. The SMILES string of the molecule is N#Cc1ccc(C2SCC(=O)N2CCO)cc1. The second kappa shape index (κ2) is 5.21. The van der Waals surface area contributed by atoms with Crippen LogP contribution in [0.1, 0.15) is 16.5 Å². The summed E-state index contributed by atoms with van der Waals surface area (Å²) in [5.41, 5.74) is 1.60. The summed E-state index contributed by atoms with van der Waals surface area (Å²) in [5, 5.41) is 17.6. The van der Waals surface area contributed by atoms with Crippen molar-refractivity contribution in [1.82, 2.24) is 4.90 Å². The Morgan fingerprint density at radius 1 is 1.47 bits per heavy atom. The molecule has 0 aliphatic carbocycles. The first-order valence-corrected chi connectivity index (χ1v) is 6.33. The van der Waals surface area contributed by atoms with Crippen LogP contribution < -0.4 is 0 Å². The van der Waals surface area contributed by atoms with Crippen LogP contribution in [0.5, 0.6) is 0 Å². The molecule has 88 valence electrons. The zero-order valence-corrected chi connectivity index (χ0v) is 9.98. The second-order valence-electron chi connectivity index (χ2n) is 3.71. The molecule has 0 saturated carbocycles. The lowest BCUT2D eigenvalue weighted by atomic mass is 10.1. The Kier molecular flexibility index (Phi) is 3.67. The van der Waals surface area contributed by atoms with Crippen molar-refractivity contribution in [2.75, 3.05) is 18.9 Å². The average molecular weight is 248 g/mol. The van der Waals surface area contributed by atoms with E-state index in [-0.39, 0.29) is 17.9 Å². The normalized spacial score (nSPS) is 19.4. The third-order valence-corrected chi connectivity index (χ3v) is 3.89.